The van der Waals surface area contributed by atoms with Gasteiger partial charge >= 0.3 is 6.03 Å². The lowest BCUT2D eigenvalue weighted by Crippen LogP contribution is -2.45. The van der Waals surface area contributed by atoms with Gasteiger partial charge in [0.25, 0.3) is 0 Å². The van der Waals surface area contributed by atoms with Crippen LogP contribution in [0.1, 0.15) is 44.1 Å². The highest BCUT2D eigenvalue weighted by Crippen LogP contribution is 2.28. The molecule has 29 heavy (non-hydrogen) atoms. The van der Waals surface area contributed by atoms with E-state index in [1.807, 2.05) is 25.1 Å². The molecule has 2 fully saturated rings. The van der Waals surface area contributed by atoms with Crippen molar-refractivity contribution in [2.24, 2.45) is 11.8 Å². The van der Waals surface area contributed by atoms with E-state index >= 15 is 0 Å². The molecule has 0 aromatic heterocycles. The smallest absolute Gasteiger partial charge is 0.319 e. The molecule has 7 nitrogen and oxygen atoms in total. The number of aryl methyl sites for hydroxylation is 1. The SMILES string of the molecule is Cc1ccc(NC(=O)C2CCCC2)cc1NC(=O)C1CCN(C(=O)N(C)C)CC1. The average molecular weight is 401 g/mol. The van der Waals surface area contributed by atoms with Gasteiger partial charge in [-0.05, 0) is 50.3 Å². The Kier molecular flexibility index (Phi) is 6.77. The number of likely N-dealkylation sites (tertiary alicyclic amines) is 1. The minimum absolute atomic E-state index is 0.00888. The lowest BCUT2D eigenvalue weighted by molar-refractivity contribution is -0.121. The first kappa shape index (κ1) is 21.1. The van der Waals surface area contributed by atoms with E-state index in [4.69, 9.17) is 0 Å². The van der Waals surface area contributed by atoms with Crippen LogP contribution in [0, 0.1) is 18.8 Å². The average Bonchev–Trinajstić information content (AvgIpc) is 3.25. The van der Waals surface area contributed by atoms with Crippen LogP contribution in [0.15, 0.2) is 18.2 Å². The molecule has 1 aromatic rings. The predicted octanol–water partition coefficient (Wildman–Crippen LogP) is 3.46. The molecule has 3 rings (SSSR count). The van der Waals surface area contributed by atoms with Crippen molar-refractivity contribution < 1.29 is 14.4 Å². The van der Waals surface area contributed by atoms with Gasteiger partial charge in [-0.15, -0.1) is 0 Å². The second-order valence-corrected chi connectivity index (χ2v) is 8.43. The van der Waals surface area contributed by atoms with Crippen molar-refractivity contribution in [1.29, 1.82) is 0 Å². The monoisotopic (exact) mass is 400 g/mol. The van der Waals surface area contributed by atoms with Gasteiger partial charge in [-0.3, -0.25) is 9.59 Å². The first-order valence-corrected chi connectivity index (χ1v) is 10.5. The third kappa shape index (κ3) is 5.28. The molecule has 4 amide bonds. The summed E-state index contributed by atoms with van der Waals surface area (Å²) in [5.74, 6) is 0.0348. The summed E-state index contributed by atoms with van der Waals surface area (Å²) >= 11 is 0. The number of carbonyl (C=O) groups is 3. The summed E-state index contributed by atoms with van der Waals surface area (Å²) in [4.78, 5) is 40.5. The van der Waals surface area contributed by atoms with Crippen molar-refractivity contribution in [3.63, 3.8) is 0 Å². The highest BCUT2D eigenvalue weighted by atomic mass is 16.2. The molecule has 1 saturated heterocycles. The van der Waals surface area contributed by atoms with Crippen molar-refractivity contribution in [2.45, 2.75) is 45.4 Å². The molecular weight excluding hydrogens is 368 g/mol. The van der Waals surface area contributed by atoms with Crippen LogP contribution in [0.25, 0.3) is 0 Å². The van der Waals surface area contributed by atoms with Crippen LogP contribution in [0.4, 0.5) is 16.2 Å². The number of rotatable bonds is 4. The summed E-state index contributed by atoms with van der Waals surface area (Å²) in [7, 11) is 3.48. The summed E-state index contributed by atoms with van der Waals surface area (Å²) in [5.41, 5.74) is 2.40. The molecule has 1 saturated carbocycles. The largest absolute Gasteiger partial charge is 0.331 e. The number of hydrogen-bond donors (Lipinski definition) is 2. The second-order valence-electron chi connectivity index (χ2n) is 8.43. The molecule has 0 bridgehead atoms. The van der Waals surface area contributed by atoms with E-state index in [1.165, 1.54) is 0 Å². The van der Waals surface area contributed by atoms with Gasteiger partial charge in [-0.25, -0.2) is 4.79 Å². The molecule has 2 N–H and O–H groups in total. The van der Waals surface area contributed by atoms with E-state index < -0.39 is 0 Å². The maximum atomic E-state index is 12.8. The lowest BCUT2D eigenvalue weighted by Gasteiger charge is -2.33. The molecule has 2 aliphatic rings. The second kappa shape index (κ2) is 9.29. The normalized spacial score (nSPS) is 17.8. The fourth-order valence-electron chi connectivity index (χ4n) is 4.12. The Hall–Kier alpha value is -2.57. The Morgan fingerprint density at radius 1 is 0.931 bits per heavy atom. The van der Waals surface area contributed by atoms with Crippen molar-refractivity contribution in [3.8, 4) is 0 Å². The Morgan fingerprint density at radius 2 is 1.52 bits per heavy atom. The summed E-state index contributed by atoms with van der Waals surface area (Å²) in [5, 5.41) is 6.02. The molecule has 158 valence electrons. The van der Waals surface area contributed by atoms with E-state index in [0.717, 1.165) is 36.9 Å². The number of carbonyl (C=O) groups excluding carboxylic acids is 3. The highest BCUT2D eigenvalue weighted by Gasteiger charge is 2.28. The third-order valence-electron chi connectivity index (χ3n) is 6.01. The van der Waals surface area contributed by atoms with Crippen molar-refractivity contribution >= 4 is 29.2 Å². The number of hydrogen-bond acceptors (Lipinski definition) is 3. The van der Waals surface area contributed by atoms with Gasteiger partial charge in [0.1, 0.15) is 0 Å². The van der Waals surface area contributed by atoms with E-state index in [1.54, 1.807) is 23.9 Å². The summed E-state index contributed by atoms with van der Waals surface area (Å²) in [6.07, 6.45) is 5.45. The first-order chi connectivity index (χ1) is 13.8. The van der Waals surface area contributed by atoms with Crippen LogP contribution in [-0.2, 0) is 9.59 Å². The molecule has 1 aromatic carbocycles. The molecule has 1 heterocycles. The van der Waals surface area contributed by atoms with Gasteiger partial charge in [-0.1, -0.05) is 18.9 Å². The van der Waals surface area contributed by atoms with Crippen LogP contribution < -0.4 is 10.6 Å². The topological polar surface area (TPSA) is 81.8 Å². The number of nitrogens with zero attached hydrogens (tertiary/aromatic N) is 2. The van der Waals surface area contributed by atoms with Gasteiger partial charge in [0.15, 0.2) is 0 Å². The Morgan fingerprint density at radius 3 is 2.14 bits per heavy atom. The van der Waals surface area contributed by atoms with Gasteiger partial charge in [-0.2, -0.15) is 0 Å². The molecule has 7 heteroatoms. The quantitative estimate of drug-likeness (QED) is 0.812. The number of piperidine rings is 1. The zero-order valence-corrected chi connectivity index (χ0v) is 17.7. The van der Waals surface area contributed by atoms with E-state index in [9.17, 15) is 14.4 Å². The molecular formula is C22H32N4O3. The molecule has 0 spiro atoms. The summed E-state index contributed by atoms with van der Waals surface area (Å²) in [6.45, 7) is 3.12. The van der Waals surface area contributed by atoms with Gasteiger partial charge in [0.2, 0.25) is 11.8 Å². The predicted molar refractivity (Wildman–Crippen MR) is 114 cm³/mol. The fourth-order valence-corrected chi connectivity index (χ4v) is 4.12. The van der Waals surface area contributed by atoms with Crippen molar-refractivity contribution in [2.75, 3.05) is 37.8 Å². The maximum Gasteiger partial charge on any atom is 0.319 e. The summed E-state index contributed by atoms with van der Waals surface area (Å²) < 4.78 is 0. The Bertz CT molecular complexity index is 763. The lowest BCUT2D eigenvalue weighted by atomic mass is 9.96. The van der Waals surface area contributed by atoms with Crippen molar-refractivity contribution in [1.82, 2.24) is 9.80 Å². The molecule has 0 atom stereocenters. The third-order valence-corrected chi connectivity index (χ3v) is 6.01. The fraction of sp³-hybridized carbons (Fsp3) is 0.591. The minimum atomic E-state index is -0.114. The minimum Gasteiger partial charge on any atom is -0.331 e. The van der Waals surface area contributed by atoms with Crippen LogP contribution in [-0.4, -0.2) is 54.8 Å². The summed E-state index contributed by atoms with van der Waals surface area (Å²) in [6, 6.07) is 5.62. The number of nitrogens with one attached hydrogen (secondary N) is 2. The van der Waals surface area contributed by atoms with Crippen LogP contribution in [0.3, 0.4) is 0 Å². The number of urea groups is 1. The molecule has 1 aliphatic carbocycles. The van der Waals surface area contributed by atoms with Gasteiger partial charge in [0.05, 0.1) is 0 Å². The first-order valence-electron chi connectivity index (χ1n) is 10.5. The van der Waals surface area contributed by atoms with E-state index in [0.29, 0.717) is 31.6 Å². The van der Waals surface area contributed by atoms with E-state index in [-0.39, 0.29) is 29.7 Å². The number of benzene rings is 1. The van der Waals surface area contributed by atoms with Gasteiger partial charge < -0.3 is 20.4 Å². The number of anilines is 2. The van der Waals surface area contributed by atoms with E-state index in [2.05, 4.69) is 10.6 Å². The highest BCUT2D eigenvalue weighted by molar-refractivity contribution is 5.96. The van der Waals surface area contributed by atoms with Crippen LogP contribution >= 0.6 is 0 Å². The molecule has 1 aliphatic heterocycles. The molecule has 0 unspecified atom stereocenters. The maximum absolute atomic E-state index is 12.8. The zero-order valence-electron chi connectivity index (χ0n) is 17.7. The van der Waals surface area contributed by atoms with Gasteiger partial charge in [0, 0.05) is 50.4 Å². The number of amides is 4. The zero-order chi connectivity index (χ0) is 21.0. The Labute approximate surface area is 172 Å². The standard InChI is InChI=1S/C22H32N4O3/c1-15-8-9-18(23-20(27)16-6-4-5-7-16)14-19(15)24-21(28)17-10-12-26(13-11-17)22(29)25(2)3/h8-9,14,16-17H,4-7,10-13H2,1-3H3,(H,23,27)(H,24,28). The van der Waals surface area contributed by atoms with Crippen molar-refractivity contribution in [3.05, 3.63) is 23.8 Å². The van der Waals surface area contributed by atoms with Crippen LogP contribution in [0.5, 0.6) is 0 Å². The molecule has 0 radical (unpaired) electrons. The van der Waals surface area contributed by atoms with Crippen LogP contribution in [0.2, 0.25) is 0 Å². The Balaban J connectivity index is 1.57.